The lowest BCUT2D eigenvalue weighted by molar-refractivity contribution is 0.206. The van der Waals surface area contributed by atoms with Gasteiger partial charge in [0.05, 0.1) is 12.3 Å². The highest BCUT2D eigenvalue weighted by Crippen LogP contribution is 2.21. The van der Waals surface area contributed by atoms with Crippen LogP contribution in [0.2, 0.25) is 0 Å². The molecule has 7 heteroatoms. The molecular weight excluding hydrogens is 326 g/mol. The Morgan fingerprint density at radius 1 is 1.21 bits per heavy atom. The Morgan fingerprint density at radius 2 is 1.96 bits per heavy atom. The molecule has 6 nitrogen and oxygen atoms in total. The SMILES string of the molecule is Cc1cc(OC2CCN(S(=O)(=O)Cc3ccccc3)C2)nc(C)n1. The summed E-state index contributed by atoms with van der Waals surface area (Å²) in [5.74, 6) is 1.18. The van der Waals surface area contributed by atoms with Crippen LogP contribution in [-0.2, 0) is 15.8 Å². The molecule has 0 aliphatic carbocycles. The van der Waals surface area contributed by atoms with Gasteiger partial charge in [-0.05, 0) is 25.8 Å². The fourth-order valence-corrected chi connectivity index (χ4v) is 4.41. The van der Waals surface area contributed by atoms with Crippen LogP contribution in [0, 0.1) is 13.8 Å². The highest BCUT2D eigenvalue weighted by atomic mass is 32.2. The van der Waals surface area contributed by atoms with E-state index in [0.29, 0.717) is 31.2 Å². The molecule has 0 radical (unpaired) electrons. The van der Waals surface area contributed by atoms with Gasteiger partial charge in [0.2, 0.25) is 15.9 Å². The van der Waals surface area contributed by atoms with E-state index in [4.69, 9.17) is 4.74 Å². The van der Waals surface area contributed by atoms with Gasteiger partial charge in [0, 0.05) is 18.3 Å². The normalized spacial score (nSPS) is 18.7. The number of rotatable bonds is 5. The molecule has 1 aliphatic heterocycles. The number of nitrogens with zero attached hydrogens (tertiary/aromatic N) is 3. The van der Waals surface area contributed by atoms with Crippen molar-refractivity contribution in [2.24, 2.45) is 0 Å². The molecule has 1 atom stereocenters. The number of benzene rings is 1. The number of hydrogen-bond acceptors (Lipinski definition) is 5. The molecule has 2 aromatic rings. The van der Waals surface area contributed by atoms with Crippen LogP contribution in [0.5, 0.6) is 5.88 Å². The molecule has 0 bridgehead atoms. The van der Waals surface area contributed by atoms with Crippen LogP contribution in [0.25, 0.3) is 0 Å². The van der Waals surface area contributed by atoms with Gasteiger partial charge in [-0.1, -0.05) is 30.3 Å². The fourth-order valence-electron chi connectivity index (χ4n) is 2.84. The van der Waals surface area contributed by atoms with Crippen molar-refractivity contribution >= 4 is 10.0 Å². The van der Waals surface area contributed by atoms with Crippen molar-refractivity contribution in [2.75, 3.05) is 13.1 Å². The lowest BCUT2D eigenvalue weighted by Gasteiger charge is -2.17. The molecule has 0 saturated carbocycles. The van der Waals surface area contributed by atoms with Gasteiger partial charge >= 0.3 is 0 Å². The Morgan fingerprint density at radius 3 is 2.67 bits per heavy atom. The van der Waals surface area contributed by atoms with Crippen LogP contribution in [0.3, 0.4) is 0 Å². The van der Waals surface area contributed by atoms with Gasteiger partial charge in [0.15, 0.2) is 0 Å². The number of aromatic nitrogens is 2. The summed E-state index contributed by atoms with van der Waals surface area (Å²) in [4.78, 5) is 8.46. The summed E-state index contributed by atoms with van der Waals surface area (Å²) in [5.41, 5.74) is 1.63. The Labute approximate surface area is 142 Å². The van der Waals surface area contributed by atoms with Crippen molar-refractivity contribution in [3.05, 3.63) is 53.5 Å². The summed E-state index contributed by atoms with van der Waals surface area (Å²) < 4.78 is 32.5. The van der Waals surface area contributed by atoms with Gasteiger partial charge in [-0.3, -0.25) is 0 Å². The minimum absolute atomic E-state index is 0.0201. The summed E-state index contributed by atoms with van der Waals surface area (Å²) in [5, 5.41) is 0. The number of sulfonamides is 1. The molecule has 128 valence electrons. The molecule has 2 heterocycles. The second kappa shape index (κ2) is 6.86. The third-order valence-electron chi connectivity index (χ3n) is 3.92. The van der Waals surface area contributed by atoms with Crippen molar-refractivity contribution in [3.63, 3.8) is 0 Å². The zero-order chi connectivity index (χ0) is 17.2. The second-order valence-electron chi connectivity index (χ2n) is 6.02. The summed E-state index contributed by atoms with van der Waals surface area (Å²) >= 11 is 0. The third-order valence-corrected chi connectivity index (χ3v) is 5.74. The van der Waals surface area contributed by atoms with E-state index in [2.05, 4.69) is 9.97 Å². The standard InChI is InChI=1S/C17H21N3O3S/c1-13-10-17(19-14(2)18-13)23-16-8-9-20(11-16)24(21,22)12-15-6-4-3-5-7-15/h3-7,10,16H,8-9,11-12H2,1-2H3. The summed E-state index contributed by atoms with van der Waals surface area (Å²) in [6.07, 6.45) is 0.486. The van der Waals surface area contributed by atoms with E-state index in [0.717, 1.165) is 11.3 Å². The summed E-state index contributed by atoms with van der Waals surface area (Å²) in [7, 11) is -3.33. The lowest BCUT2D eigenvalue weighted by Crippen LogP contribution is -2.32. The molecule has 1 aromatic carbocycles. The maximum absolute atomic E-state index is 12.6. The van der Waals surface area contributed by atoms with Crippen molar-refractivity contribution < 1.29 is 13.2 Å². The topological polar surface area (TPSA) is 72.4 Å². The van der Waals surface area contributed by atoms with Crippen LogP contribution in [0.4, 0.5) is 0 Å². The predicted octanol–water partition coefficient (Wildman–Crippen LogP) is 2.08. The number of aryl methyl sites for hydroxylation is 2. The monoisotopic (exact) mass is 347 g/mol. The number of hydrogen-bond donors (Lipinski definition) is 0. The molecule has 0 amide bonds. The average molecular weight is 347 g/mol. The van der Waals surface area contributed by atoms with Crippen LogP contribution < -0.4 is 4.74 Å². The summed E-state index contributed by atoms with van der Waals surface area (Å²) in [6, 6.07) is 11.0. The largest absolute Gasteiger partial charge is 0.473 e. The molecule has 0 N–H and O–H groups in total. The van der Waals surface area contributed by atoms with E-state index in [1.54, 1.807) is 6.07 Å². The van der Waals surface area contributed by atoms with Gasteiger partial charge < -0.3 is 4.74 Å². The van der Waals surface area contributed by atoms with Crippen molar-refractivity contribution in [1.29, 1.82) is 0 Å². The van der Waals surface area contributed by atoms with E-state index < -0.39 is 10.0 Å². The van der Waals surface area contributed by atoms with Crippen molar-refractivity contribution in [2.45, 2.75) is 32.1 Å². The zero-order valence-electron chi connectivity index (χ0n) is 13.8. The number of ether oxygens (including phenoxy) is 1. The fraction of sp³-hybridized carbons (Fsp3) is 0.412. The molecule has 1 unspecified atom stereocenters. The smallest absolute Gasteiger partial charge is 0.218 e. The van der Waals surface area contributed by atoms with E-state index in [1.807, 2.05) is 44.2 Å². The molecule has 3 rings (SSSR count). The summed E-state index contributed by atoms with van der Waals surface area (Å²) in [6.45, 7) is 4.53. The molecule has 24 heavy (non-hydrogen) atoms. The quantitative estimate of drug-likeness (QED) is 0.828. The molecular formula is C17H21N3O3S. The molecule has 0 spiro atoms. The molecule has 1 saturated heterocycles. The highest BCUT2D eigenvalue weighted by Gasteiger charge is 2.32. The third kappa shape index (κ3) is 4.10. The molecule has 1 aliphatic rings. The first kappa shape index (κ1) is 16.9. The first-order valence-corrected chi connectivity index (χ1v) is 9.54. The van der Waals surface area contributed by atoms with Gasteiger partial charge in [-0.2, -0.15) is 9.29 Å². The Kier molecular flexibility index (Phi) is 4.82. The Hall–Kier alpha value is -1.99. The Balaban J connectivity index is 1.64. The zero-order valence-corrected chi connectivity index (χ0v) is 14.7. The van der Waals surface area contributed by atoms with Crippen LogP contribution in [0.15, 0.2) is 36.4 Å². The van der Waals surface area contributed by atoms with E-state index in [9.17, 15) is 8.42 Å². The highest BCUT2D eigenvalue weighted by molar-refractivity contribution is 7.88. The average Bonchev–Trinajstić information content (AvgIpc) is 2.96. The predicted molar refractivity (Wildman–Crippen MR) is 91.2 cm³/mol. The maximum atomic E-state index is 12.6. The van der Waals surface area contributed by atoms with E-state index in [-0.39, 0.29) is 11.9 Å². The molecule has 1 fully saturated rings. The van der Waals surface area contributed by atoms with Crippen LogP contribution >= 0.6 is 0 Å². The van der Waals surface area contributed by atoms with Crippen LogP contribution in [0.1, 0.15) is 23.5 Å². The lowest BCUT2D eigenvalue weighted by atomic mass is 10.2. The Bertz CT molecular complexity index is 789. The van der Waals surface area contributed by atoms with Gasteiger partial charge in [0.25, 0.3) is 0 Å². The van der Waals surface area contributed by atoms with E-state index in [1.165, 1.54) is 4.31 Å². The first-order chi connectivity index (χ1) is 11.4. The van der Waals surface area contributed by atoms with Crippen molar-refractivity contribution in [1.82, 2.24) is 14.3 Å². The second-order valence-corrected chi connectivity index (χ2v) is 7.99. The van der Waals surface area contributed by atoms with Crippen molar-refractivity contribution in [3.8, 4) is 5.88 Å². The van der Waals surface area contributed by atoms with E-state index >= 15 is 0 Å². The maximum Gasteiger partial charge on any atom is 0.218 e. The van der Waals surface area contributed by atoms with Gasteiger partial charge in [0.1, 0.15) is 11.9 Å². The first-order valence-electron chi connectivity index (χ1n) is 7.93. The molecule has 1 aromatic heterocycles. The minimum Gasteiger partial charge on any atom is -0.473 e. The van der Waals surface area contributed by atoms with Crippen LogP contribution in [-0.4, -0.2) is 41.9 Å². The minimum atomic E-state index is -3.33. The van der Waals surface area contributed by atoms with Gasteiger partial charge in [-0.15, -0.1) is 0 Å². The van der Waals surface area contributed by atoms with Gasteiger partial charge in [-0.25, -0.2) is 13.4 Å².